The van der Waals surface area contributed by atoms with E-state index in [0.29, 0.717) is 10.6 Å². The molecular weight excluding hydrogens is 350 g/mol. The van der Waals surface area contributed by atoms with Crippen molar-refractivity contribution in [1.29, 1.82) is 0 Å². The summed E-state index contributed by atoms with van der Waals surface area (Å²) in [6.45, 7) is 5.68. The van der Waals surface area contributed by atoms with Crippen molar-refractivity contribution in [3.63, 3.8) is 0 Å². The van der Waals surface area contributed by atoms with Crippen molar-refractivity contribution in [2.45, 2.75) is 13.5 Å². The van der Waals surface area contributed by atoms with Crippen LogP contribution in [-0.4, -0.2) is 54.9 Å². The molecule has 2 amide bonds. The van der Waals surface area contributed by atoms with E-state index in [1.807, 2.05) is 28.5 Å². The number of hydrogen-bond acceptors (Lipinski definition) is 5. The molecule has 0 radical (unpaired) electrons. The molecule has 2 aromatic rings. The van der Waals surface area contributed by atoms with E-state index in [1.54, 1.807) is 20.1 Å². The van der Waals surface area contributed by atoms with Gasteiger partial charge in [-0.2, -0.15) is 0 Å². The summed E-state index contributed by atoms with van der Waals surface area (Å²) in [6.07, 6.45) is 0. The summed E-state index contributed by atoms with van der Waals surface area (Å²) in [5.74, 6) is 0.564. The number of piperazine rings is 1. The first kappa shape index (κ1) is 18.4. The quantitative estimate of drug-likeness (QED) is 0.875. The Kier molecular flexibility index (Phi) is 5.90. The van der Waals surface area contributed by atoms with Crippen LogP contribution in [0.25, 0.3) is 0 Å². The molecule has 3 rings (SSSR count). The number of carbonyl (C=O) groups is 2. The number of nitrogens with zero attached hydrogens (tertiary/aromatic N) is 2. The standard InChI is InChI=1S/C19H23N3O3S/c1-14(23)22-9-7-21(8-10-22)13-15-4-3-5-16(12-15)20-19(24)18-17(25-2)6-11-26-18/h3-6,11-12H,7-10,13H2,1-2H3,(H,20,24). The molecule has 1 fully saturated rings. The highest BCUT2D eigenvalue weighted by Crippen LogP contribution is 2.25. The highest BCUT2D eigenvalue weighted by Gasteiger charge is 2.19. The van der Waals surface area contributed by atoms with Crippen LogP contribution in [0, 0.1) is 0 Å². The van der Waals surface area contributed by atoms with E-state index in [2.05, 4.69) is 16.3 Å². The van der Waals surface area contributed by atoms with E-state index < -0.39 is 0 Å². The summed E-state index contributed by atoms with van der Waals surface area (Å²) < 4.78 is 5.21. The molecular formula is C19H23N3O3S. The van der Waals surface area contributed by atoms with Crippen molar-refractivity contribution < 1.29 is 14.3 Å². The summed E-state index contributed by atoms with van der Waals surface area (Å²) >= 11 is 1.36. The molecule has 0 unspecified atom stereocenters. The molecule has 6 nitrogen and oxygen atoms in total. The second-order valence-corrected chi connectivity index (χ2v) is 7.17. The van der Waals surface area contributed by atoms with Crippen molar-refractivity contribution in [3.8, 4) is 5.75 Å². The molecule has 0 bridgehead atoms. The third kappa shape index (κ3) is 4.42. The molecule has 0 aliphatic carbocycles. The molecule has 138 valence electrons. The van der Waals surface area contributed by atoms with Gasteiger partial charge in [-0.1, -0.05) is 12.1 Å². The Morgan fingerprint density at radius 1 is 1.19 bits per heavy atom. The number of hydrogen-bond donors (Lipinski definition) is 1. The van der Waals surface area contributed by atoms with Crippen LogP contribution in [0.5, 0.6) is 5.75 Å². The van der Waals surface area contributed by atoms with Crippen LogP contribution >= 0.6 is 11.3 Å². The number of carbonyl (C=O) groups excluding carboxylic acids is 2. The lowest BCUT2D eigenvalue weighted by atomic mass is 10.1. The van der Waals surface area contributed by atoms with Crippen LogP contribution in [0.4, 0.5) is 5.69 Å². The normalized spacial score (nSPS) is 14.9. The molecule has 0 atom stereocenters. The minimum absolute atomic E-state index is 0.137. The van der Waals surface area contributed by atoms with Gasteiger partial charge in [-0.25, -0.2) is 0 Å². The van der Waals surface area contributed by atoms with Gasteiger partial charge in [-0.05, 0) is 29.1 Å². The van der Waals surface area contributed by atoms with Crippen LogP contribution in [0.1, 0.15) is 22.2 Å². The minimum Gasteiger partial charge on any atom is -0.495 e. The smallest absolute Gasteiger partial charge is 0.269 e. The predicted octanol–water partition coefficient (Wildman–Crippen LogP) is 2.67. The molecule has 7 heteroatoms. The maximum absolute atomic E-state index is 12.4. The molecule has 1 aromatic heterocycles. The summed E-state index contributed by atoms with van der Waals surface area (Å²) in [5, 5.41) is 4.78. The number of ether oxygens (including phenoxy) is 1. The molecule has 0 saturated carbocycles. The van der Waals surface area contributed by atoms with Crippen LogP contribution < -0.4 is 10.1 Å². The van der Waals surface area contributed by atoms with Gasteiger partial charge < -0.3 is 15.0 Å². The van der Waals surface area contributed by atoms with Gasteiger partial charge in [0.05, 0.1) is 7.11 Å². The molecule has 1 aliphatic rings. The summed E-state index contributed by atoms with van der Waals surface area (Å²) in [6, 6.07) is 9.67. The van der Waals surface area contributed by atoms with E-state index in [1.165, 1.54) is 11.3 Å². The van der Waals surface area contributed by atoms with Gasteiger partial charge in [0.25, 0.3) is 5.91 Å². The van der Waals surface area contributed by atoms with E-state index in [9.17, 15) is 9.59 Å². The predicted molar refractivity (Wildman–Crippen MR) is 103 cm³/mol. The zero-order valence-corrected chi connectivity index (χ0v) is 15.8. The van der Waals surface area contributed by atoms with Gasteiger partial charge in [0.1, 0.15) is 10.6 Å². The van der Waals surface area contributed by atoms with Gasteiger partial charge in [0, 0.05) is 45.3 Å². The number of nitrogens with one attached hydrogen (secondary N) is 1. The maximum atomic E-state index is 12.4. The fourth-order valence-corrected chi connectivity index (χ4v) is 3.79. The molecule has 1 saturated heterocycles. The van der Waals surface area contributed by atoms with Gasteiger partial charge >= 0.3 is 0 Å². The van der Waals surface area contributed by atoms with Crippen LogP contribution in [0.15, 0.2) is 35.7 Å². The second kappa shape index (κ2) is 8.33. The second-order valence-electron chi connectivity index (χ2n) is 6.25. The highest BCUT2D eigenvalue weighted by molar-refractivity contribution is 7.12. The fourth-order valence-electron chi connectivity index (χ4n) is 3.04. The Morgan fingerprint density at radius 3 is 2.65 bits per heavy atom. The summed E-state index contributed by atoms with van der Waals surface area (Å²) in [7, 11) is 1.56. The van der Waals surface area contributed by atoms with Crippen LogP contribution in [0.3, 0.4) is 0 Å². The monoisotopic (exact) mass is 373 g/mol. The van der Waals surface area contributed by atoms with Crippen LogP contribution in [0.2, 0.25) is 0 Å². The lowest BCUT2D eigenvalue weighted by molar-refractivity contribution is -0.130. The lowest BCUT2D eigenvalue weighted by Gasteiger charge is -2.34. The summed E-state index contributed by atoms with van der Waals surface area (Å²) in [4.78, 5) is 28.6. The molecule has 2 heterocycles. The molecule has 1 aromatic carbocycles. The Bertz CT molecular complexity index is 782. The van der Waals surface area contributed by atoms with E-state index in [0.717, 1.165) is 44.0 Å². The van der Waals surface area contributed by atoms with Crippen LogP contribution in [-0.2, 0) is 11.3 Å². The minimum atomic E-state index is -0.163. The average Bonchev–Trinajstić information content (AvgIpc) is 3.11. The largest absolute Gasteiger partial charge is 0.495 e. The lowest BCUT2D eigenvalue weighted by Crippen LogP contribution is -2.47. The first-order valence-electron chi connectivity index (χ1n) is 8.56. The Hall–Kier alpha value is -2.38. The first-order valence-corrected chi connectivity index (χ1v) is 9.44. The third-order valence-corrected chi connectivity index (χ3v) is 5.36. The Labute approximate surface area is 157 Å². The highest BCUT2D eigenvalue weighted by atomic mass is 32.1. The van der Waals surface area contributed by atoms with E-state index >= 15 is 0 Å². The van der Waals surface area contributed by atoms with Crippen molar-refractivity contribution in [3.05, 3.63) is 46.2 Å². The Balaban J connectivity index is 1.60. The molecule has 1 aliphatic heterocycles. The number of benzene rings is 1. The Morgan fingerprint density at radius 2 is 1.96 bits per heavy atom. The van der Waals surface area contributed by atoms with Gasteiger partial charge in [0.15, 0.2) is 0 Å². The van der Waals surface area contributed by atoms with Crippen molar-refractivity contribution in [2.24, 2.45) is 0 Å². The fraction of sp³-hybridized carbons (Fsp3) is 0.368. The SMILES string of the molecule is COc1ccsc1C(=O)Nc1cccc(CN2CCN(C(C)=O)CC2)c1. The number of rotatable bonds is 5. The number of anilines is 1. The van der Waals surface area contributed by atoms with Crippen molar-refractivity contribution in [1.82, 2.24) is 9.80 Å². The average molecular weight is 373 g/mol. The molecule has 1 N–H and O–H groups in total. The van der Waals surface area contributed by atoms with E-state index in [4.69, 9.17) is 4.74 Å². The zero-order valence-electron chi connectivity index (χ0n) is 15.0. The number of thiophene rings is 1. The van der Waals surface area contributed by atoms with Gasteiger partial charge in [-0.3, -0.25) is 14.5 Å². The summed E-state index contributed by atoms with van der Waals surface area (Å²) in [5.41, 5.74) is 1.91. The number of methoxy groups -OCH3 is 1. The first-order chi connectivity index (χ1) is 12.6. The zero-order chi connectivity index (χ0) is 18.5. The molecule has 0 spiro atoms. The third-order valence-electron chi connectivity index (χ3n) is 4.46. The molecule has 26 heavy (non-hydrogen) atoms. The van der Waals surface area contributed by atoms with Gasteiger partial charge in [0.2, 0.25) is 5.91 Å². The topological polar surface area (TPSA) is 61.9 Å². The van der Waals surface area contributed by atoms with Crippen molar-refractivity contribution in [2.75, 3.05) is 38.6 Å². The maximum Gasteiger partial charge on any atom is 0.269 e. The number of amides is 2. The van der Waals surface area contributed by atoms with E-state index in [-0.39, 0.29) is 11.8 Å². The van der Waals surface area contributed by atoms with Crippen molar-refractivity contribution >= 4 is 28.8 Å². The van der Waals surface area contributed by atoms with Gasteiger partial charge in [-0.15, -0.1) is 11.3 Å².